The van der Waals surface area contributed by atoms with Crippen LogP contribution in [0.1, 0.15) is 13.8 Å². The van der Waals surface area contributed by atoms with Gasteiger partial charge in [-0.1, -0.05) is 0 Å². The summed E-state index contributed by atoms with van der Waals surface area (Å²) in [5, 5.41) is 11.1. The molecule has 17 heavy (non-hydrogen) atoms. The second-order valence-electron chi connectivity index (χ2n) is 3.15. The van der Waals surface area contributed by atoms with Gasteiger partial charge in [-0.25, -0.2) is 0 Å². The van der Waals surface area contributed by atoms with E-state index >= 15 is 0 Å². The van der Waals surface area contributed by atoms with Crippen LogP contribution < -0.4 is 10.2 Å². The quantitative estimate of drug-likeness (QED) is 0.783. The van der Waals surface area contributed by atoms with Crippen LogP contribution in [0.3, 0.4) is 0 Å². The average Bonchev–Trinajstić information content (AvgIpc) is 2.27. The van der Waals surface area contributed by atoms with Gasteiger partial charge in [0.15, 0.2) is 0 Å². The molecule has 0 unspecified atom stereocenters. The lowest BCUT2D eigenvalue weighted by Gasteiger charge is -2.18. The molecule has 0 radical (unpaired) electrons. The molecular weight excluding hydrogens is 246 g/mol. The third kappa shape index (κ3) is 4.03. The number of hydrogen-bond donors (Lipinski definition) is 2. The molecule has 0 aromatic carbocycles. The number of rotatable bonds is 6. The Hall–Kier alpha value is -1.63. The Balaban J connectivity index is 2.89. The first-order valence-corrected chi connectivity index (χ1v) is 5.56. The van der Waals surface area contributed by atoms with E-state index in [-0.39, 0.29) is 17.8 Å². The van der Waals surface area contributed by atoms with E-state index in [0.717, 1.165) is 13.1 Å². The van der Waals surface area contributed by atoms with Gasteiger partial charge in [0.2, 0.25) is 17.2 Å². The van der Waals surface area contributed by atoms with Gasteiger partial charge < -0.3 is 15.3 Å². The molecule has 0 atom stereocenters. The number of anilines is 2. The lowest BCUT2D eigenvalue weighted by Crippen LogP contribution is -2.25. The maximum atomic E-state index is 10.4. The highest BCUT2D eigenvalue weighted by molar-refractivity contribution is 6.28. The van der Waals surface area contributed by atoms with E-state index in [1.54, 1.807) is 0 Å². The maximum absolute atomic E-state index is 10.4. The second-order valence-corrected chi connectivity index (χ2v) is 3.49. The third-order valence-electron chi connectivity index (χ3n) is 2.04. The molecule has 0 aliphatic heterocycles. The fourth-order valence-electron chi connectivity index (χ4n) is 1.22. The van der Waals surface area contributed by atoms with Crippen LogP contribution in [0.25, 0.3) is 0 Å². The average molecular weight is 260 g/mol. The molecule has 7 nitrogen and oxygen atoms in total. The van der Waals surface area contributed by atoms with Crippen molar-refractivity contribution in [3.8, 4) is 0 Å². The molecule has 0 amide bonds. The fourth-order valence-corrected chi connectivity index (χ4v) is 1.38. The minimum absolute atomic E-state index is 0.0368. The molecule has 0 bridgehead atoms. The molecule has 0 aliphatic rings. The number of aliphatic carboxylic acids is 1. The molecule has 0 spiro atoms. The minimum atomic E-state index is -0.995. The van der Waals surface area contributed by atoms with Gasteiger partial charge >= 0.3 is 5.97 Å². The van der Waals surface area contributed by atoms with Crippen molar-refractivity contribution in [2.75, 3.05) is 29.9 Å². The Morgan fingerprint density at radius 1 is 1.35 bits per heavy atom. The van der Waals surface area contributed by atoms with Crippen molar-refractivity contribution in [2.45, 2.75) is 13.8 Å². The number of nitrogens with one attached hydrogen (secondary N) is 1. The summed E-state index contributed by atoms with van der Waals surface area (Å²) >= 11 is 5.75. The van der Waals surface area contributed by atoms with Gasteiger partial charge in [0.1, 0.15) is 6.54 Å². The van der Waals surface area contributed by atoms with Gasteiger partial charge in [-0.15, -0.1) is 0 Å². The first-order valence-electron chi connectivity index (χ1n) is 5.19. The van der Waals surface area contributed by atoms with Crippen LogP contribution in [0.15, 0.2) is 0 Å². The topological polar surface area (TPSA) is 91.2 Å². The van der Waals surface area contributed by atoms with Gasteiger partial charge in [0.25, 0.3) is 0 Å². The Kier molecular flexibility index (Phi) is 4.89. The predicted octanol–water partition coefficient (Wildman–Crippen LogP) is 0.868. The van der Waals surface area contributed by atoms with Gasteiger partial charge in [0, 0.05) is 13.1 Å². The zero-order valence-corrected chi connectivity index (χ0v) is 10.4. The highest BCUT2D eigenvalue weighted by atomic mass is 35.5. The first-order chi connectivity index (χ1) is 8.06. The molecule has 0 saturated heterocycles. The Morgan fingerprint density at radius 2 is 2.00 bits per heavy atom. The summed E-state index contributed by atoms with van der Waals surface area (Å²) in [7, 11) is 0. The smallest absolute Gasteiger partial charge is 0.322 e. The molecule has 8 heteroatoms. The molecular formula is C9H14ClN5O2. The van der Waals surface area contributed by atoms with Crippen LogP contribution in [0, 0.1) is 0 Å². The summed E-state index contributed by atoms with van der Waals surface area (Å²) in [6.45, 7) is 5.12. The van der Waals surface area contributed by atoms with Crippen molar-refractivity contribution in [1.29, 1.82) is 0 Å². The number of halogens is 1. The van der Waals surface area contributed by atoms with E-state index in [0.29, 0.717) is 5.95 Å². The molecule has 1 heterocycles. The minimum Gasteiger partial charge on any atom is -0.480 e. The molecule has 1 aromatic heterocycles. The van der Waals surface area contributed by atoms with Crippen molar-refractivity contribution in [3.63, 3.8) is 0 Å². The lowest BCUT2D eigenvalue weighted by molar-refractivity contribution is -0.134. The Bertz CT molecular complexity index is 397. The third-order valence-corrected chi connectivity index (χ3v) is 2.21. The van der Waals surface area contributed by atoms with Crippen LogP contribution in [-0.4, -0.2) is 45.7 Å². The largest absolute Gasteiger partial charge is 0.480 e. The number of aromatic nitrogens is 3. The van der Waals surface area contributed by atoms with Crippen LogP contribution in [-0.2, 0) is 4.79 Å². The van der Waals surface area contributed by atoms with Gasteiger partial charge in [0.05, 0.1) is 0 Å². The number of nitrogens with zero attached hydrogens (tertiary/aromatic N) is 4. The Morgan fingerprint density at radius 3 is 2.53 bits per heavy atom. The molecule has 2 N–H and O–H groups in total. The molecule has 94 valence electrons. The number of carboxylic acid groups (broad SMARTS) is 1. The van der Waals surface area contributed by atoms with Gasteiger partial charge in [-0.05, 0) is 25.4 Å². The first kappa shape index (κ1) is 13.4. The zero-order chi connectivity index (χ0) is 12.8. The second kappa shape index (κ2) is 6.19. The normalized spacial score (nSPS) is 10.1. The van der Waals surface area contributed by atoms with Crippen molar-refractivity contribution in [1.82, 2.24) is 15.0 Å². The molecule has 1 aromatic rings. The highest BCUT2D eigenvalue weighted by Crippen LogP contribution is 2.13. The van der Waals surface area contributed by atoms with Crippen molar-refractivity contribution in [2.24, 2.45) is 0 Å². The van der Waals surface area contributed by atoms with E-state index in [1.807, 2.05) is 18.7 Å². The predicted molar refractivity (Wildman–Crippen MR) is 64.5 cm³/mol. The van der Waals surface area contributed by atoms with E-state index in [2.05, 4.69) is 20.3 Å². The zero-order valence-electron chi connectivity index (χ0n) is 9.64. The molecule has 0 saturated carbocycles. The van der Waals surface area contributed by atoms with Gasteiger partial charge in [-0.2, -0.15) is 15.0 Å². The summed E-state index contributed by atoms with van der Waals surface area (Å²) in [4.78, 5) is 24.2. The van der Waals surface area contributed by atoms with Crippen molar-refractivity contribution < 1.29 is 9.90 Å². The van der Waals surface area contributed by atoms with Crippen LogP contribution in [0.4, 0.5) is 11.9 Å². The van der Waals surface area contributed by atoms with E-state index in [9.17, 15) is 4.79 Å². The van der Waals surface area contributed by atoms with E-state index < -0.39 is 5.97 Å². The van der Waals surface area contributed by atoms with Crippen LogP contribution in [0.2, 0.25) is 5.28 Å². The highest BCUT2D eigenvalue weighted by Gasteiger charge is 2.10. The summed E-state index contributed by atoms with van der Waals surface area (Å²) in [6, 6.07) is 0. The number of carbonyl (C=O) groups is 1. The number of hydrogen-bond acceptors (Lipinski definition) is 6. The number of carboxylic acids is 1. The standard InChI is InChI=1S/C9H14ClN5O2/c1-3-15(4-2)9-13-7(10)12-8(14-9)11-5-6(16)17/h3-5H2,1-2H3,(H,16,17)(H,11,12,13,14). The molecule has 0 fully saturated rings. The summed E-state index contributed by atoms with van der Waals surface area (Å²) in [5.41, 5.74) is 0. The summed E-state index contributed by atoms with van der Waals surface area (Å²) in [6.07, 6.45) is 0. The Labute approximate surface area is 104 Å². The van der Waals surface area contributed by atoms with Crippen molar-refractivity contribution in [3.05, 3.63) is 5.28 Å². The van der Waals surface area contributed by atoms with Gasteiger partial charge in [-0.3, -0.25) is 4.79 Å². The summed E-state index contributed by atoms with van der Waals surface area (Å²) < 4.78 is 0. The monoisotopic (exact) mass is 259 g/mol. The maximum Gasteiger partial charge on any atom is 0.322 e. The SMILES string of the molecule is CCN(CC)c1nc(Cl)nc(NCC(=O)O)n1. The fraction of sp³-hybridized carbons (Fsp3) is 0.556. The molecule has 0 aliphatic carbocycles. The van der Waals surface area contributed by atoms with E-state index in [1.165, 1.54) is 0 Å². The van der Waals surface area contributed by atoms with Crippen molar-refractivity contribution >= 4 is 29.5 Å². The molecule has 1 rings (SSSR count). The van der Waals surface area contributed by atoms with E-state index in [4.69, 9.17) is 16.7 Å². The van der Waals surface area contributed by atoms with Crippen LogP contribution >= 0.6 is 11.6 Å². The van der Waals surface area contributed by atoms with Crippen LogP contribution in [0.5, 0.6) is 0 Å². The lowest BCUT2D eigenvalue weighted by atomic mass is 10.5. The summed E-state index contributed by atoms with van der Waals surface area (Å²) in [5.74, 6) is -0.400.